The first-order valence-electron chi connectivity index (χ1n) is 11.1. The van der Waals surface area contributed by atoms with Crippen molar-refractivity contribution in [1.82, 2.24) is 9.97 Å². The first-order chi connectivity index (χ1) is 15.0. The predicted octanol–water partition coefficient (Wildman–Crippen LogP) is 5.84. The van der Waals surface area contributed by atoms with Crippen LogP contribution < -0.4 is 4.90 Å². The van der Waals surface area contributed by atoms with Crippen molar-refractivity contribution >= 4 is 22.6 Å². The third-order valence-corrected chi connectivity index (χ3v) is 6.59. The van der Waals surface area contributed by atoms with Crippen LogP contribution in [0.25, 0.3) is 11.0 Å². The molecular formula is C26H31N3O2. The zero-order valence-electron chi connectivity index (χ0n) is 18.6. The maximum Gasteiger partial charge on any atom is 0.294 e. The van der Waals surface area contributed by atoms with Gasteiger partial charge in [-0.3, -0.25) is 9.69 Å². The predicted molar refractivity (Wildman–Crippen MR) is 126 cm³/mol. The summed E-state index contributed by atoms with van der Waals surface area (Å²) < 4.78 is 5.50. The standard InChI is InChI=1S/C26H31N3O2/c1-5-19(12-11-17(2)20-9-7-6-8-10-20)24-18(3)25(31-4)26(30)29(24)21-13-14-22-23(15-21)28-16-27-22/h5,11-16,20,24H,2,6-10H2,1,3-4H3,(H,27,28)/b12-11-,19-5+. The van der Waals surface area contributed by atoms with Crippen molar-refractivity contribution in [2.24, 2.45) is 5.92 Å². The Morgan fingerprint density at radius 1 is 1.26 bits per heavy atom. The molecule has 1 aliphatic carbocycles. The molecule has 1 unspecified atom stereocenters. The average molecular weight is 418 g/mol. The maximum absolute atomic E-state index is 13.3. The summed E-state index contributed by atoms with van der Waals surface area (Å²) in [6.45, 7) is 8.33. The van der Waals surface area contributed by atoms with Gasteiger partial charge in [0.1, 0.15) is 0 Å². The second-order valence-corrected chi connectivity index (χ2v) is 8.43. The van der Waals surface area contributed by atoms with Gasteiger partial charge in [0.2, 0.25) is 0 Å². The third-order valence-electron chi connectivity index (χ3n) is 6.59. The van der Waals surface area contributed by atoms with Gasteiger partial charge in [-0.2, -0.15) is 0 Å². The van der Waals surface area contributed by atoms with Gasteiger partial charge in [0.15, 0.2) is 5.76 Å². The summed E-state index contributed by atoms with van der Waals surface area (Å²) in [7, 11) is 1.56. The minimum Gasteiger partial charge on any atom is -0.491 e. The fourth-order valence-corrected chi connectivity index (χ4v) is 4.86. The molecular weight excluding hydrogens is 386 g/mol. The smallest absolute Gasteiger partial charge is 0.294 e. The summed E-state index contributed by atoms with van der Waals surface area (Å²) in [4.78, 5) is 22.5. The molecule has 31 heavy (non-hydrogen) atoms. The summed E-state index contributed by atoms with van der Waals surface area (Å²) >= 11 is 0. The van der Waals surface area contributed by atoms with E-state index in [4.69, 9.17) is 4.74 Å². The fourth-order valence-electron chi connectivity index (χ4n) is 4.86. The number of aromatic nitrogens is 2. The van der Waals surface area contributed by atoms with Crippen LogP contribution in [0.3, 0.4) is 0 Å². The number of carbonyl (C=O) groups excluding carboxylic acids is 1. The molecule has 1 aromatic heterocycles. The SMILES string of the molecule is C=C(/C=C\C(=C/C)C1C(C)=C(OC)C(=O)N1c1ccc2nc[nH]c2c1)C1CCCCC1. The Bertz CT molecular complexity index is 1080. The van der Waals surface area contributed by atoms with Crippen LogP contribution in [0.4, 0.5) is 5.69 Å². The molecule has 162 valence electrons. The number of carbonyl (C=O) groups is 1. The van der Waals surface area contributed by atoms with E-state index in [0.717, 1.165) is 27.9 Å². The number of aromatic amines is 1. The van der Waals surface area contributed by atoms with Crippen molar-refractivity contribution in [2.45, 2.75) is 52.0 Å². The average Bonchev–Trinajstić information content (AvgIpc) is 3.36. The Morgan fingerprint density at radius 2 is 2.03 bits per heavy atom. The van der Waals surface area contributed by atoms with Crippen LogP contribution >= 0.6 is 0 Å². The van der Waals surface area contributed by atoms with Crippen LogP contribution in [0.15, 0.2) is 71.8 Å². The van der Waals surface area contributed by atoms with Crippen molar-refractivity contribution in [2.75, 3.05) is 12.0 Å². The van der Waals surface area contributed by atoms with Crippen LogP contribution in [-0.4, -0.2) is 29.0 Å². The molecule has 1 saturated carbocycles. The minimum absolute atomic E-state index is 0.122. The molecule has 0 bridgehead atoms. The first-order valence-corrected chi connectivity index (χ1v) is 11.1. The first kappa shape index (κ1) is 21.2. The fraction of sp³-hybridized carbons (Fsp3) is 0.385. The number of hydrogen-bond donors (Lipinski definition) is 1. The highest BCUT2D eigenvalue weighted by molar-refractivity contribution is 6.10. The Labute approximate surface area is 184 Å². The van der Waals surface area contributed by atoms with Gasteiger partial charge in [-0.05, 0) is 56.4 Å². The largest absolute Gasteiger partial charge is 0.491 e. The number of benzene rings is 1. The lowest BCUT2D eigenvalue weighted by atomic mass is 9.84. The van der Waals surface area contributed by atoms with Crippen LogP contribution in [0, 0.1) is 5.92 Å². The molecule has 1 atom stereocenters. The molecule has 0 saturated heterocycles. The Balaban J connectivity index is 1.67. The topological polar surface area (TPSA) is 58.2 Å². The van der Waals surface area contributed by atoms with Gasteiger partial charge in [0.05, 0.1) is 30.5 Å². The van der Waals surface area contributed by atoms with Gasteiger partial charge < -0.3 is 9.72 Å². The summed E-state index contributed by atoms with van der Waals surface area (Å²) in [6, 6.07) is 5.62. The number of nitrogens with zero attached hydrogens (tertiary/aromatic N) is 2. The molecule has 4 rings (SSSR count). The summed E-state index contributed by atoms with van der Waals surface area (Å²) in [5, 5.41) is 0. The number of H-pyrrole nitrogens is 1. The van der Waals surface area contributed by atoms with E-state index >= 15 is 0 Å². The van der Waals surface area contributed by atoms with E-state index in [2.05, 4.69) is 34.8 Å². The lowest BCUT2D eigenvalue weighted by molar-refractivity contribution is -0.117. The molecule has 2 heterocycles. The molecule has 5 nitrogen and oxygen atoms in total. The summed E-state index contributed by atoms with van der Waals surface area (Å²) in [5.41, 5.74) is 5.74. The van der Waals surface area contributed by atoms with E-state index in [1.54, 1.807) is 13.4 Å². The third kappa shape index (κ3) is 3.97. The molecule has 2 aliphatic rings. The second kappa shape index (κ2) is 8.96. The number of methoxy groups -OCH3 is 1. The van der Waals surface area contributed by atoms with Gasteiger partial charge in [-0.1, -0.05) is 49.6 Å². The number of anilines is 1. The van der Waals surface area contributed by atoms with Gasteiger partial charge in [-0.25, -0.2) is 4.98 Å². The Kier molecular flexibility index (Phi) is 6.12. The number of amides is 1. The van der Waals surface area contributed by atoms with Crippen LogP contribution in [-0.2, 0) is 9.53 Å². The molecule has 1 aliphatic heterocycles. The number of nitrogens with one attached hydrogen (secondary N) is 1. The summed E-state index contributed by atoms with van der Waals surface area (Å²) in [5.74, 6) is 0.856. The van der Waals surface area contributed by atoms with E-state index in [1.165, 1.54) is 37.7 Å². The monoisotopic (exact) mass is 417 g/mol. The van der Waals surface area contributed by atoms with Crippen LogP contribution in [0.2, 0.25) is 0 Å². The van der Waals surface area contributed by atoms with E-state index in [1.807, 2.05) is 36.9 Å². The number of ether oxygens (including phenoxy) is 1. The molecule has 0 spiro atoms. The molecule has 1 amide bonds. The lowest BCUT2D eigenvalue weighted by Crippen LogP contribution is -2.36. The van der Waals surface area contributed by atoms with E-state index < -0.39 is 0 Å². The van der Waals surface area contributed by atoms with Crippen molar-refractivity contribution < 1.29 is 9.53 Å². The molecule has 1 N–H and O–H groups in total. The summed E-state index contributed by atoms with van der Waals surface area (Å²) in [6.07, 6.45) is 14.4. The number of allylic oxidation sites excluding steroid dienone is 3. The van der Waals surface area contributed by atoms with Crippen molar-refractivity contribution in [3.63, 3.8) is 0 Å². The highest BCUT2D eigenvalue weighted by Crippen LogP contribution is 2.37. The number of imidazole rings is 1. The van der Waals surface area contributed by atoms with Gasteiger partial charge in [-0.15, -0.1) is 0 Å². The lowest BCUT2D eigenvalue weighted by Gasteiger charge is -2.27. The van der Waals surface area contributed by atoms with E-state index in [0.29, 0.717) is 11.7 Å². The van der Waals surface area contributed by atoms with Gasteiger partial charge in [0.25, 0.3) is 5.91 Å². The quantitative estimate of drug-likeness (QED) is 0.601. The van der Waals surface area contributed by atoms with E-state index in [9.17, 15) is 4.79 Å². The minimum atomic E-state index is -0.219. The van der Waals surface area contributed by atoms with Crippen molar-refractivity contribution in [3.8, 4) is 0 Å². The number of fused-ring (bicyclic) bond motifs is 1. The Morgan fingerprint density at radius 3 is 2.74 bits per heavy atom. The normalized spacial score (nSPS) is 21.0. The number of hydrogen-bond acceptors (Lipinski definition) is 3. The highest BCUT2D eigenvalue weighted by Gasteiger charge is 2.40. The zero-order chi connectivity index (χ0) is 22.0. The zero-order valence-corrected chi connectivity index (χ0v) is 18.6. The highest BCUT2D eigenvalue weighted by atomic mass is 16.5. The molecule has 0 radical (unpaired) electrons. The Hall–Kier alpha value is -3.08. The van der Waals surface area contributed by atoms with Gasteiger partial charge in [0, 0.05) is 11.3 Å². The molecule has 5 heteroatoms. The molecule has 2 aromatic rings. The molecule has 1 aromatic carbocycles. The van der Waals surface area contributed by atoms with Crippen LogP contribution in [0.1, 0.15) is 46.0 Å². The second-order valence-electron chi connectivity index (χ2n) is 8.43. The number of rotatable bonds is 6. The van der Waals surface area contributed by atoms with Crippen molar-refractivity contribution in [3.05, 3.63) is 71.8 Å². The van der Waals surface area contributed by atoms with Crippen molar-refractivity contribution in [1.29, 1.82) is 0 Å². The maximum atomic E-state index is 13.3. The van der Waals surface area contributed by atoms with Gasteiger partial charge >= 0.3 is 0 Å². The van der Waals surface area contributed by atoms with Crippen LogP contribution in [0.5, 0.6) is 0 Å². The molecule has 1 fully saturated rings. The van der Waals surface area contributed by atoms with E-state index in [-0.39, 0.29) is 11.9 Å².